The summed E-state index contributed by atoms with van der Waals surface area (Å²) in [7, 11) is 3.26. The number of rotatable bonds is 4. The van der Waals surface area contributed by atoms with Crippen molar-refractivity contribution >= 4 is 11.8 Å². The normalized spacial score (nSPS) is 24.9. The minimum absolute atomic E-state index is 0.125. The van der Waals surface area contributed by atoms with E-state index in [1.54, 1.807) is 14.2 Å². The Morgan fingerprint density at radius 1 is 1.33 bits per heavy atom. The van der Waals surface area contributed by atoms with E-state index in [2.05, 4.69) is 6.92 Å². The first kappa shape index (κ1) is 13.6. The van der Waals surface area contributed by atoms with Crippen molar-refractivity contribution in [3.63, 3.8) is 0 Å². The third-order valence-electron chi connectivity index (χ3n) is 3.56. The first-order valence-corrected chi connectivity index (χ1v) is 7.13. The second kappa shape index (κ2) is 5.41. The van der Waals surface area contributed by atoms with Gasteiger partial charge in [-0.3, -0.25) is 0 Å². The molecule has 0 aliphatic carbocycles. The largest absolute Gasteiger partial charge is 0.497 e. The molecule has 1 heterocycles. The fraction of sp³-hybridized carbons (Fsp3) is 0.571. The van der Waals surface area contributed by atoms with E-state index in [0.29, 0.717) is 0 Å². The molecule has 2 atom stereocenters. The van der Waals surface area contributed by atoms with Crippen molar-refractivity contribution in [3.8, 4) is 11.5 Å². The lowest BCUT2D eigenvalue weighted by Crippen LogP contribution is -2.26. The van der Waals surface area contributed by atoms with Crippen LogP contribution in [0.2, 0.25) is 0 Å². The molecule has 1 N–H and O–H groups in total. The molecule has 1 aromatic carbocycles. The average Bonchev–Trinajstić information content (AvgIpc) is 2.85. The lowest BCUT2D eigenvalue weighted by molar-refractivity contribution is 0.131. The predicted molar refractivity (Wildman–Crippen MR) is 74.6 cm³/mol. The second-order valence-corrected chi connectivity index (χ2v) is 6.40. The summed E-state index contributed by atoms with van der Waals surface area (Å²) in [5, 5.41) is 10.7. The molecule has 3 nitrogen and oxygen atoms in total. The average molecular weight is 268 g/mol. The molecular formula is C14H20O3S. The maximum atomic E-state index is 10.7. The highest BCUT2D eigenvalue weighted by Crippen LogP contribution is 2.48. The van der Waals surface area contributed by atoms with Gasteiger partial charge >= 0.3 is 0 Å². The van der Waals surface area contributed by atoms with Crippen LogP contribution in [0.4, 0.5) is 0 Å². The first-order chi connectivity index (χ1) is 8.60. The summed E-state index contributed by atoms with van der Waals surface area (Å²) in [5.41, 5.74) is 0.814. The fourth-order valence-electron chi connectivity index (χ4n) is 2.40. The molecule has 0 bridgehead atoms. The summed E-state index contributed by atoms with van der Waals surface area (Å²) in [6.45, 7) is 2.12. The maximum Gasteiger partial charge on any atom is 0.124 e. The highest BCUT2D eigenvalue weighted by Gasteiger charge is 2.39. The zero-order chi connectivity index (χ0) is 13.2. The van der Waals surface area contributed by atoms with Gasteiger partial charge in [0.25, 0.3) is 0 Å². The molecule has 1 aliphatic rings. The molecule has 0 saturated carbocycles. The Morgan fingerprint density at radius 2 is 2.11 bits per heavy atom. The molecule has 4 heteroatoms. The Kier molecular flexibility index (Phi) is 4.07. The Balaban J connectivity index is 2.35. The van der Waals surface area contributed by atoms with Crippen molar-refractivity contribution in [3.05, 3.63) is 23.8 Å². The van der Waals surface area contributed by atoms with E-state index in [1.807, 2.05) is 30.0 Å². The quantitative estimate of drug-likeness (QED) is 0.911. The van der Waals surface area contributed by atoms with Crippen molar-refractivity contribution < 1.29 is 14.6 Å². The van der Waals surface area contributed by atoms with Crippen LogP contribution >= 0.6 is 11.8 Å². The number of benzene rings is 1. The van der Waals surface area contributed by atoms with Crippen LogP contribution < -0.4 is 9.47 Å². The summed E-state index contributed by atoms with van der Waals surface area (Å²) in [6, 6.07) is 5.56. The van der Waals surface area contributed by atoms with E-state index in [-0.39, 0.29) is 4.75 Å². The van der Waals surface area contributed by atoms with Crippen LogP contribution in [-0.4, -0.2) is 29.8 Å². The van der Waals surface area contributed by atoms with Crippen LogP contribution in [0.1, 0.15) is 31.4 Å². The van der Waals surface area contributed by atoms with Crippen LogP contribution in [0.25, 0.3) is 0 Å². The number of hydrogen-bond donors (Lipinski definition) is 1. The first-order valence-electron chi connectivity index (χ1n) is 6.14. The van der Waals surface area contributed by atoms with Gasteiger partial charge in [0.1, 0.15) is 11.5 Å². The highest BCUT2D eigenvalue weighted by molar-refractivity contribution is 8.00. The molecule has 1 fully saturated rings. The molecular weight excluding hydrogens is 248 g/mol. The van der Waals surface area contributed by atoms with Gasteiger partial charge in [0.15, 0.2) is 0 Å². The Bertz CT molecular complexity index is 414. The molecule has 2 unspecified atom stereocenters. The van der Waals surface area contributed by atoms with Gasteiger partial charge in [0.05, 0.1) is 20.3 Å². The van der Waals surface area contributed by atoms with Gasteiger partial charge in [0, 0.05) is 10.3 Å². The van der Waals surface area contributed by atoms with Crippen molar-refractivity contribution in [1.29, 1.82) is 0 Å². The van der Waals surface area contributed by atoms with Crippen LogP contribution in [-0.2, 0) is 0 Å². The molecule has 0 radical (unpaired) electrons. The molecule has 18 heavy (non-hydrogen) atoms. The van der Waals surface area contributed by atoms with Gasteiger partial charge in [-0.05, 0) is 43.7 Å². The highest BCUT2D eigenvalue weighted by atomic mass is 32.2. The third-order valence-corrected chi connectivity index (χ3v) is 5.14. The van der Waals surface area contributed by atoms with E-state index in [0.717, 1.165) is 35.7 Å². The minimum Gasteiger partial charge on any atom is -0.497 e. The van der Waals surface area contributed by atoms with Gasteiger partial charge in [0.2, 0.25) is 0 Å². The smallest absolute Gasteiger partial charge is 0.124 e. The topological polar surface area (TPSA) is 38.7 Å². The van der Waals surface area contributed by atoms with E-state index in [9.17, 15) is 5.11 Å². The molecule has 1 saturated heterocycles. The number of methoxy groups -OCH3 is 2. The summed E-state index contributed by atoms with van der Waals surface area (Å²) in [4.78, 5) is 0. The van der Waals surface area contributed by atoms with Gasteiger partial charge in [-0.2, -0.15) is 11.8 Å². The summed E-state index contributed by atoms with van der Waals surface area (Å²) < 4.78 is 10.4. The van der Waals surface area contributed by atoms with Crippen molar-refractivity contribution in [2.45, 2.75) is 30.6 Å². The SMILES string of the molecule is COc1ccc(OC)c(C(O)C2(C)CCCS2)c1. The molecule has 0 amide bonds. The zero-order valence-electron chi connectivity index (χ0n) is 11.1. The molecule has 100 valence electrons. The van der Waals surface area contributed by atoms with Crippen molar-refractivity contribution in [2.24, 2.45) is 0 Å². The van der Waals surface area contributed by atoms with Crippen LogP contribution in [0.5, 0.6) is 11.5 Å². The lowest BCUT2D eigenvalue weighted by atomic mass is 9.92. The molecule has 1 aliphatic heterocycles. The second-order valence-electron chi connectivity index (χ2n) is 4.78. The van der Waals surface area contributed by atoms with E-state index in [4.69, 9.17) is 9.47 Å². The van der Waals surface area contributed by atoms with Gasteiger partial charge in [-0.15, -0.1) is 0 Å². The van der Waals surface area contributed by atoms with Crippen LogP contribution in [0.3, 0.4) is 0 Å². The molecule has 1 aromatic rings. The van der Waals surface area contributed by atoms with Gasteiger partial charge in [-0.25, -0.2) is 0 Å². The monoisotopic (exact) mass is 268 g/mol. The summed E-state index contributed by atoms with van der Waals surface area (Å²) >= 11 is 1.83. The summed E-state index contributed by atoms with van der Waals surface area (Å²) in [5.74, 6) is 2.58. The van der Waals surface area contributed by atoms with E-state index in [1.165, 1.54) is 0 Å². The maximum absolute atomic E-state index is 10.7. The number of aliphatic hydroxyl groups is 1. The van der Waals surface area contributed by atoms with Gasteiger partial charge < -0.3 is 14.6 Å². The third kappa shape index (κ3) is 2.45. The Labute approximate surface area is 112 Å². The summed E-state index contributed by atoms with van der Waals surface area (Å²) in [6.07, 6.45) is 1.65. The number of aliphatic hydroxyl groups excluding tert-OH is 1. The molecule has 0 aromatic heterocycles. The number of thioether (sulfide) groups is 1. The zero-order valence-corrected chi connectivity index (χ0v) is 11.9. The molecule has 0 spiro atoms. The Morgan fingerprint density at radius 3 is 2.67 bits per heavy atom. The van der Waals surface area contributed by atoms with Crippen molar-refractivity contribution in [1.82, 2.24) is 0 Å². The molecule has 2 rings (SSSR count). The fourth-order valence-corrected chi connectivity index (χ4v) is 3.73. The van der Waals surface area contributed by atoms with Crippen molar-refractivity contribution in [2.75, 3.05) is 20.0 Å². The van der Waals surface area contributed by atoms with Crippen LogP contribution in [0, 0.1) is 0 Å². The standard InChI is InChI=1S/C14H20O3S/c1-14(7-4-8-18-14)13(15)11-9-10(16-2)5-6-12(11)17-3/h5-6,9,13,15H,4,7-8H2,1-3H3. The Hall–Kier alpha value is -0.870. The van der Waals surface area contributed by atoms with E-state index >= 15 is 0 Å². The van der Waals surface area contributed by atoms with E-state index < -0.39 is 6.10 Å². The van der Waals surface area contributed by atoms with Crippen LogP contribution in [0.15, 0.2) is 18.2 Å². The van der Waals surface area contributed by atoms with Gasteiger partial charge in [-0.1, -0.05) is 0 Å². The predicted octanol–water partition coefficient (Wildman–Crippen LogP) is 3.02. The minimum atomic E-state index is -0.532. The number of hydrogen-bond acceptors (Lipinski definition) is 4. The number of ether oxygens (including phenoxy) is 2. The lowest BCUT2D eigenvalue weighted by Gasteiger charge is -2.30.